The molecule has 0 saturated heterocycles. The van der Waals surface area contributed by atoms with E-state index in [9.17, 15) is 0 Å². The summed E-state index contributed by atoms with van der Waals surface area (Å²) in [6.45, 7) is 0. The van der Waals surface area contributed by atoms with Gasteiger partial charge in [-0.2, -0.15) is 15.4 Å². The zero-order valence-corrected chi connectivity index (χ0v) is 11.5. The number of hydrogen-bond acceptors (Lipinski definition) is 7. The van der Waals surface area contributed by atoms with Crippen molar-refractivity contribution in [1.29, 1.82) is 0 Å². The zero-order chi connectivity index (χ0) is 14.8. The Hall–Kier alpha value is -3.03. The second-order valence-electron chi connectivity index (χ2n) is 4.20. The minimum atomic E-state index is 0.195. The van der Waals surface area contributed by atoms with Gasteiger partial charge in [0.15, 0.2) is 11.5 Å². The van der Waals surface area contributed by atoms with Crippen LogP contribution in [-0.2, 0) is 0 Å². The Labute approximate surface area is 119 Å². The number of nitrogen functional groups attached to an aromatic ring is 1. The molecular weight excluding hydrogens is 274 g/mol. The summed E-state index contributed by atoms with van der Waals surface area (Å²) >= 11 is 0. The first-order chi connectivity index (χ1) is 10.2. The molecule has 0 atom stereocenters. The number of methoxy groups -OCH3 is 2. The molecule has 0 spiro atoms. The van der Waals surface area contributed by atoms with E-state index >= 15 is 0 Å². The molecule has 0 aliphatic heterocycles. The van der Waals surface area contributed by atoms with Crippen LogP contribution in [0.15, 0.2) is 28.9 Å². The summed E-state index contributed by atoms with van der Waals surface area (Å²) in [6.07, 6.45) is 1.54. The first-order valence-electron chi connectivity index (χ1n) is 6.08. The van der Waals surface area contributed by atoms with Crippen molar-refractivity contribution in [3.63, 3.8) is 0 Å². The molecule has 3 rings (SSSR count). The topological polar surface area (TPSA) is 112 Å². The predicted octanol–water partition coefficient (Wildman–Crippen LogP) is 1.73. The third-order valence-electron chi connectivity index (χ3n) is 3.05. The number of hydrogen-bond donors (Lipinski definition) is 2. The van der Waals surface area contributed by atoms with Crippen LogP contribution in [-0.4, -0.2) is 34.8 Å². The molecular formula is C13H13N5O3. The van der Waals surface area contributed by atoms with Crippen molar-refractivity contribution in [2.75, 3.05) is 20.0 Å². The van der Waals surface area contributed by atoms with Crippen LogP contribution in [0.25, 0.3) is 22.5 Å². The lowest BCUT2D eigenvalue weighted by molar-refractivity contribution is 0.355. The monoisotopic (exact) mass is 287 g/mol. The minimum absolute atomic E-state index is 0.195. The molecule has 3 N–H and O–H groups in total. The summed E-state index contributed by atoms with van der Waals surface area (Å²) in [5.41, 5.74) is 8.34. The highest BCUT2D eigenvalue weighted by Gasteiger charge is 2.20. The average Bonchev–Trinajstić information content (AvgIpc) is 3.15. The third-order valence-corrected chi connectivity index (χ3v) is 3.05. The maximum absolute atomic E-state index is 5.88. The van der Waals surface area contributed by atoms with Gasteiger partial charge in [0, 0.05) is 0 Å². The number of nitrogens with zero attached hydrogens (tertiary/aromatic N) is 3. The lowest BCUT2D eigenvalue weighted by Crippen LogP contribution is -1.93. The van der Waals surface area contributed by atoms with Gasteiger partial charge in [0.05, 0.1) is 26.0 Å². The van der Waals surface area contributed by atoms with E-state index in [0.717, 1.165) is 5.56 Å². The van der Waals surface area contributed by atoms with E-state index in [1.807, 2.05) is 6.07 Å². The molecule has 8 nitrogen and oxygen atoms in total. The van der Waals surface area contributed by atoms with E-state index in [4.69, 9.17) is 19.7 Å². The van der Waals surface area contributed by atoms with Gasteiger partial charge in [-0.1, -0.05) is 11.2 Å². The zero-order valence-electron chi connectivity index (χ0n) is 11.5. The highest BCUT2D eigenvalue weighted by atomic mass is 16.5. The van der Waals surface area contributed by atoms with Crippen LogP contribution < -0.4 is 15.2 Å². The Kier molecular flexibility index (Phi) is 3.19. The predicted molar refractivity (Wildman–Crippen MR) is 74.8 cm³/mol. The Balaban J connectivity index is 2.15. The van der Waals surface area contributed by atoms with Crippen molar-refractivity contribution in [3.8, 4) is 34.0 Å². The van der Waals surface area contributed by atoms with E-state index in [-0.39, 0.29) is 5.88 Å². The number of benzene rings is 1. The van der Waals surface area contributed by atoms with Crippen molar-refractivity contribution in [2.45, 2.75) is 0 Å². The van der Waals surface area contributed by atoms with Crippen LogP contribution in [0, 0.1) is 0 Å². The summed E-state index contributed by atoms with van der Waals surface area (Å²) in [7, 11) is 3.14. The molecule has 108 valence electrons. The molecule has 1 aromatic carbocycles. The minimum Gasteiger partial charge on any atom is -0.493 e. The number of ether oxygens (including phenoxy) is 2. The Bertz CT molecular complexity index is 751. The van der Waals surface area contributed by atoms with Crippen LogP contribution in [0.1, 0.15) is 0 Å². The second-order valence-corrected chi connectivity index (χ2v) is 4.20. The van der Waals surface area contributed by atoms with Gasteiger partial charge < -0.3 is 19.7 Å². The van der Waals surface area contributed by atoms with Crippen LogP contribution in [0.5, 0.6) is 11.5 Å². The van der Waals surface area contributed by atoms with Gasteiger partial charge in [-0.25, -0.2) is 0 Å². The van der Waals surface area contributed by atoms with Crippen molar-refractivity contribution in [2.24, 2.45) is 0 Å². The Morgan fingerprint density at radius 1 is 1.19 bits per heavy atom. The molecule has 0 fully saturated rings. The fraction of sp³-hybridized carbons (Fsp3) is 0.154. The maximum Gasteiger partial charge on any atom is 0.230 e. The largest absolute Gasteiger partial charge is 0.493 e. The number of rotatable bonds is 4. The summed E-state index contributed by atoms with van der Waals surface area (Å²) in [5.74, 6) is 1.40. The van der Waals surface area contributed by atoms with Gasteiger partial charge in [0.1, 0.15) is 11.4 Å². The number of aromatic nitrogens is 4. The SMILES string of the molecule is COc1ccc(-c2c(-c3cn[nH]n3)noc2N)cc1OC. The fourth-order valence-corrected chi connectivity index (χ4v) is 2.06. The molecule has 0 radical (unpaired) electrons. The fourth-order valence-electron chi connectivity index (χ4n) is 2.06. The number of anilines is 1. The highest BCUT2D eigenvalue weighted by Crippen LogP contribution is 2.39. The van der Waals surface area contributed by atoms with Crippen molar-refractivity contribution in [3.05, 3.63) is 24.4 Å². The van der Waals surface area contributed by atoms with Crippen molar-refractivity contribution in [1.82, 2.24) is 20.6 Å². The Morgan fingerprint density at radius 2 is 2.00 bits per heavy atom. The standard InChI is InChI=1S/C13H13N5O3/c1-19-9-4-3-7(5-10(9)20-2)11-12(17-21-13(11)14)8-6-15-18-16-8/h3-6H,14H2,1-2H3,(H,15,16,18). The van der Waals surface area contributed by atoms with Gasteiger partial charge in [-0.05, 0) is 17.7 Å². The van der Waals surface area contributed by atoms with E-state index in [1.165, 1.54) is 0 Å². The van der Waals surface area contributed by atoms with Crippen molar-refractivity contribution < 1.29 is 14.0 Å². The molecule has 21 heavy (non-hydrogen) atoms. The maximum atomic E-state index is 5.88. The molecule has 0 aliphatic carbocycles. The number of nitrogens with one attached hydrogen (secondary N) is 1. The van der Waals surface area contributed by atoms with Gasteiger partial charge in [0.25, 0.3) is 0 Å². The van der Waals surface area contributed by atoms with Gasteiger partial charge in [-0.15, -0.1) is 0 Å². The third kappa shape index (κ3) is 2.16. The van der Waals surface area contributed by atoms with Crippen LogP contribution in [0.2, 0.25) is 0 Å². The van der Waals surface area contributed by atoms with Gasteiger partial charge in [-0.3, -0.25) is 0 Å². The summed E-state index contributed by atoms with van der Waals surface area (Å²) in [6, 6.07) is 5.42. The van der Waals surface area contributed by atoms with Crippen LogP contribution >= 0.6 is 0 Å². The summed E-state index contributed by atoms with van der Waals surface area (Å²) in [5, 5.41) is 14.2. The molecule has 0 aliphatic rings. The molecule has 2 heterocycles. The van der Waals surface area contributed by atoms with E-state index in [1.54, 1.807) is 32.5 Å². The van der Waals surface area contributed by atoms with Crippen molar-refractivity contribution >= 4 is 5.88 Å². The van der Waals surface area contributed by atoms with Crippen LogP contribution in [0.4, 0.5) is 5.88 Å². The molecule has 0 bridgehead atoms. The first kappa shape index (κ1) is 13.0. The van der Waals surface area contributed by atoms with Gasteiger partial charge >= 0.3 is 0 Å². The Morgan fingerprint density at radius 3 is 2.67 bits per heavy atom. The lowest BCUT2D eigenvalue weighted by Gasteiger charge is -2.09. The van der Waals surface area contributed by atoms with E-state index in [2.05, 4.69) is 20.6 Å². The van der Waals surface area contributed by atoms with E-state index < -0.39 is 0 Å². The summed E-state index contributed by atoms with van der Waals surface area (Å²) in [4.78, 5) is 0. The normalized spacial score (nSPS) is 10.6. The summed E-state index contributed by atoms with van der Waals surface area (Å²) < 4.78 is 15.6. The lowest BCUT2D eigenvalue weighted by atomic mass is 10.0. The highest BCUT2D eigenvalue weighted by molar-refractivity contribution is 5.86. The van der Waals surface area contributed by atoms with Crippen LogP contribution in [0.3, 0.4) is 0 Å². The smallest absolute Gasteiger partial charge is 0.230 e. The molecule has 3 aromatic rings. The number of nitrogens with two attached hydrogens (primary N) is 1. The second kappa shape index (κ2) is 5.16. The molecule has 0 saturated carbocycles. The quantitative estimate of drug-likeness (QED) is 0.751. The van der Waals surface area contributed by atoms with Gasteiger partial charge in [0.2, 0.25) is 5.88 Å². The molecule has 8 heteroatoms. The molecule has 0 amide bonds. The number of aromatic amines is 1. The van der Waals surface area contributed by atoms with E-state index in [0.29, 0.717) is 28.5 Å². The first-order valence-corrected chi connectivity index (χ1v) is 6.08. The number of H-pyrrole nitrogens is 1. The molecule has 0 unspecified atom stereocenters. The molecule has 2 aromatic heterocycles. The average molecular weight is 287 g/mol.